The van der Waals surface area contributed by atoms with Crippen molar-refractivity contribution in [2.45, 2.75) is 17.9 Å². The number of halogens is 1. The van der Waals surface area contributed by atoms with Crippen molar-refractivity contribution < 1.29 is 4.74 Å². The van der Waals surface area contributed by atoms with Crippen molar-refractivity contribution in [3.63, 3.8) is 0 Å². The highest BCUT2D eigenvalue weighted by Crippen LogP contribution is 2.38. The van der Waals surface area contributed by atoms with Gasteiger partial charge >= 0.3 is 0 Å². The summed E-state index contributed by atoms with van der Waals surface area (Å²) in [7, 11) is 1.67. The van der Waals surface area contributed by atoms with Gasteiger partial charge in [-0.05, 0) is 36.8 Å². The summed E-state index contributed by atoms with van der Waals surface area (Å²) in [6.45, 7) is 2.05. The molecule has 0 fully saturated rings. The predicted molar refractivity (Wildman–Crippen MR) is 120 cm³/mol. The number of hydrogen-bond donors (Lipinski definition) is 0. The first-order valence-corrected chi connectivity index (χ1v) is 10.3. The summed E-state index contributed by atoms with van der Waals surface area (Å²) in [5, 5.41) is 0.587. The summed E-state index contributed by atoms with van der Waals surface area (Å²) in [4.78, 5) is 17.9. The van der Waals surface area contributed by atoms with E-state index in [1.165, 1.54) is 5.56 Å². The molecule has 5 heteroatoms. The molecule has 0 amide bonds. The van der Waals surface area contributed by atoms with E-state index in [9.17, 15) is 4.79 Å². The third-order valence-corrected chi connectivity index (χ3v) is 5.88. The smallest absolute Gasteiger partial charge is 0.265 e. The van der Waals surface area contributed by atoms with Crippen LogP contribution in [0.4, 0.5) is 0 Å². The van der Waals surface area contributed by atoms with E-state index in [1.54, 1.807) is 11.7 Å². The Balaban J connectivity index is 1.93. The summed E-state index contributed by atoms with van der Waals surface area (Å²) < 4.78 is 7.50. The van der Waals surface area contributed by atoms with Crippen LogP contribution in [-0.2, 0) is 4.74 Å². The monoisotopic (exact) mass is 448 g/mol. The average molecular weight is 449 g/mol. The molecule has 0 N–H and O–H groups in total. The molecule has 4 aromatic rings. The fourth-order valence-corrected chi connectivity index (χ4v) is 4.31. The molecule has 1 heterocycles. The Bertz CT molecular complexity index is 1190. The van der Waals surface area contributed by atoms with Crippen molar-refractivity contribution in [1.82, 2.24) is 9.55 Å². The van der Waals surface area contributed by atoms with Crippen molar-refractivity contribution in [2.75, 3.05) is 7.11 Å². The largest absolute Gasteiger partial charge is 0.375 e. The lowest BCUT2D eigenvalue weighted by Crippen LogP contribution is -2.26. The van der Waals surface area contributed by atoms with Gasteiger partial charge in [0.1, 0.15) is 16.8 Å². The third kappa shape index (κ3) is 3.76. The number of ether oxygens (including phenoxy) is 1. The highest BCUT2D eigenvalue weighted by atomic mass is 79.9. The Labute approximate surface area is 177 Å². The van der Waals surface area contributed by atoms with Gasteiger partial charge < -0.3 is 4.74 Å². The number of fused-ring (bicyclic) bond motifs is 1. The fourth-order valence-electron chi connectivity index (χ4n) is 3.48. The zero-order chi connectivity index (χ0) is 20.4. The average Bonchev–Trinajstić information content (AvgIpc) is 2.76. The molecule has 0 saturated heterocycles. The van der Waals surface area contributed by atoms with E-state index in [0.717, 1.165) is 11.3 Å². The van der Waals surface area contributed by atoms with E-state index >= 15 is 0 Å². The minimum Gasteiger partial charge on any atom is -0.375 e. The topological polar surface area (TPSA) is 44.1 Å². The highest BCUT2D eigenvalue weighted by molar-refractivity contribution is 9.09. The maximum absolute atomic E-state index is 13.4. The van der Waals surface area contributed by atoms with Gasteiger partial charge in [0, 0.05) is 7.11 Å². The zero-order valence-corrected chi connectivity index (χ0v) is 17.8. The molecule has 146 valence electrons. The fraction of sp³-hybridized carbons (Fsp3) is 0.167. The number of benzene rings is 3. The summed E-state index contributed by atoms with van der Waals surface area (Å²) in [5.74, 6) is 0.604. The number of aromatic nitrogens is 2. The van der Waals surface area contributed by atoms with Gasteiger partial charge in [-0.15, -0.1) is 0 Å². The van der Waals surface area contributed by atoms with Crippen LogP contribution in [0.5, 0.6) is 0 Å². The van der Waals surface area contributed by atoms with Gasteiger partial charge in [-0.25, -0.2) is 4.98 Å². The standard InChI is InChI=1S/C24H21BrN2O2/c1-16-12-14-17(15-13-16)22(29-2)21(25)23-26-20-11-7-6-10-19(20)24(28)27(23)18-8-4-3-5-9-18/h3-15,21-22H,1-2H3. The minimum absolute atomic E-state index is 0.0972. The van der Waals surface area contributed by atoms with Gasteiger partial charge in [-0.3, -0.25) is 9.36 Å². The molecule has 4 rings (SSSR count). The van der Waals surface area contributed by atoms with E-state index in [2.05, 4.69) is 35.0 Å². The SMILES string of the molecule is COC(c1ccc(C)cc1)C(Br)c1nc2ccccc2c(=O)n1-c1ccccc1. The molecule has 0 radical (unpaired) electrons. The Morgan fingerprint density at radius 2 is 1.59 bits per heavy atom. The minimum atomic E-state index is -0.326. The second-order valence-corrected chi connectivity index (χ2v) is 7.92. The molecule has 2 unspecified atom stereocenters. The zero-order valence-electron chi connectivity index (χ0n) is 16.2. The number of rotatable bonds is 5. The van der Waals surface area contributed by atoms with Crippen molar-refractivity contribution in [1.29, 1.82) is 0 Å². The third-order valence-electron chi connectivity index (χ3n) is 4.99. The van der Waals surface area contributed by atoms with E-state index in [4.69, 9.17) is 9.72 Å². The molecule has 1 aromatic heterocycles. The van der Waals surface area contributed by atoms with Crippen LogP contribution < -0.4 is 5.56 Å². The van der Waals surface area contributed by atoms with Crippen molar-refractivity contribution in [2.24, 2.45) is 0 Å². The second-order valence-electron chi connectivity index (χ2n) is 6.93. The van der Waals surface area contributed by atoms with Crippen LogP contribution in [0.1, 0.15) is 27.9 Å². The van der Waals surface area contributed by atoms with Crippen LogP contribution in [0, 0.1) is 6.92 Å². The molecule has 0 saturated carbocycles. The first kappa shape index (κ1) is 19.6. The van der Waals surface area contributed by atoms with Crippen LogP contribution in [-0.4, -0.2) is 16.7 Å². The molecule has 0 aliphatic rings. The van der Waals surface area contributed by atoms with E-state index < -0.39 is 0 Å². The van der Waals surface area contributed by atoms with Crippen molar-refractivity contribution in [3.8, 4) is 5.69 Å². The highest BCUT2D eigenvalue weighted by Gasteiger charge is 2.28. The Hall–Kier alpha value is -2.76. The van der Waals surface area contributed by atoms with Gasteiger partial charge in [-0.2, -0.15) is 0 Å². The Morgan fingerprint density at radius 3 is 2.28 bits per heavy atom. The molecule has 2 atom stereocenters. The Morgan fingerprint density at radius 1 is 0.931 bits per heavy atom. The van der Waals surface area contributed by atoms with Crippen LogP contribution in [0.15, 0.2) is 83.7 Å². The van der Waals surface area contributed by atoms with Crippen molar-refractivity contribution in [3.05, 3.63) is 106 Å². The van der Waals surface area contributed by atoms with Crippen LogP contribution >= 0.6 is 15.9 Å². The molecule has 3 aromatic carbocycles. The van der Waals surface area contributed by atoms with Gasteiger partial charge in [0.05, 0.1) is 16.6 Å². The number of hydrogen-bond acceptors (Lipinski definition) is 3. The summed E-state index contributed by atoms with van der Waals surface area (Å²) in [6, 6.07) is 25.2. The lowest BCUT2D eigenvalue weighted by molar-refractivity contribution is 0.100. The maximum atomic E-state index is 13.4. The molecule has 29 heavy (non-hydrogen) atoms. The number of aryl methyl sites for hydroxylation is 1. The molecule has 0 bridgehead atoms. The first-order valence-electron chi connectivity index (χ1n) is 9.40. The summed E-state index contributed by atoms with van der Waals surface area (Å²) in [6.07, 6.45) is -0.307. The second kappa shape index (κ2) is 8.31. The van der Waals surface area contributed by atoms with Gasteiger partial charge in [-0.1, -0.05) is 76.1 Å². The molecular formula is C24H21BrN2O2. The molecule has 4 nitrogen and oxygen atoms in total. The Kier molecular flexibility index (Phi) is 5.60. The number of alkyl halides is 1. The number of methoxy groups -OCH3 is 1. The number of nitrogens with zero attached hydrogens (tertiary/aromatic N) is 2. The van der Waals surface area contributed by atoms with E-state index in [1.807, 2.05) is 66.7 Å². The molecular weight excluding hydrogens is 428 g/mol. The van der Waals surface area contributed by atoms with Crippen LogP contribution in [0.3, 0.4) is 0 Å². The van der Waals surface area contributed by atoms with Crippen LogP contribution in [0.25, 0.3) is 16.6 Å². The summed E-state index contributed by atoms with van der Waals surface area (Å²) in [5.41, 5.74) is 3.54. The molecule has 0 aliphatic heterocycles. The normalized spacial score (nSPS) is 13.3. The molecule has 0 spiro atoms. The van der Waals surface area contributed by atoms with E-state index in [0.29, 0.717) is 16.7 Å². The number of para-hydroxylation sites is 2. The van der Waals surface area contributed by atoms with Gasteiger partial charge in [0.2, 0.25) is 0 Å². The quantitative estimate of drug-likeness (QED) is 0.377. The molecule has 0 aliphatic carbocycles. The maximum Gasteiger partial charge on any atom is 0.265 e. The predicted octanol–water partition coefficient (Wildman–Crippen LogP) is 5.52. The summed E-state index contributed by atoms with van der Waals surface area (Å²) >= 11 is 3.79. The lowest BCUT2D eigenvalue weighted by Gasteiger charge is -2.24. The van der Waals surface area contributed by atoms with Gasteiger partial charge in [0.25, 0.3) is 5.56 Å². The first-order chi connectivity index (χ1) is 14.1. The van der Waals surface area contributed by atoms with E-state index in [-0.39, 0.29) is 16.5 Å². The van der Waals surface area contributed by atoms with Crippen LogP contribution in [0.2, 0.25) is 0 Å². The van der Waals surface area contributed by atoms with Gasteiger partial charge in [0.15, 0.2) is 0 Å². The van der Waals surface area contributed by atoms with Crippen molar-refractivity contribution >= 4 is 26.8 Å². The lowest BCUT2D eigenvalue weighted by atomic mass is 10.0.